The van der Waals surface area contributed by atoms with Crippen molar-refractivity contribution >= 4 is 11.6 Å². The van der Waals surface area contributed by atoms with Crippen molar-refractivity contribution in [3.63, 3.8) is 0 Å². The Bertz CT molecular complexity index is 357. The summed E-state index contributed by atoms with van der Waals surface area (Å²) in [5.41, 5.74) is 13.6. The molecule has 1 aliphatic rings. The first-order valence-electron chi connectivity index (χ1n) is 6.93. The van der Waals surface area contributed by atoms with Gasteiger partial charge in [0.05, 0.1) is 0 Å². The maximum absolute atomic E-state index is 6.26. The quantitative estimate of drug-likeness (QED) is 0.874. The van der Waals surface area contributed by atoms with Gasteiger partial charge in [-0.2, -0.15) is 0 Å². The minimum atomic E-state index is -0.0795. The summed E-state index contributed by atoms with van der Waals surface area (Å²) in [4.78, 5) is 0. The highest BCUT2D eigenvalue weighted by Crippen LogP contribution is 2.29. The molecule has 2 nitrogen and oxygen atoms in total. The van der Waals surface area contributed by atoms with Crippen molar-refractivity contribution in [1.82, 2.24) is 0 Å². The van der Waals surface area contributed by atoms with Crippen molar-refractivity contribution < 1.29 is 0 Å². The van der Waals surface area contributed by atoms with E-state index in [1.165, 1.54) is 32.1 Å². The molecule has 4 N–H and O–H groups in total. The summed E-state index contributed by atoms with van der Waals surface area (Å²) in [5.74, 6) is 0.770. The van der Waals surface area contributed by atoms with E-state index in [0.717, 1.165) is 22.9 Å². The Balaban J connectivity index is 1.91. The highest BCUT2D eigenvalue weighted by molar-refractivity contribution is 6.30. The number of rotatable bonds is 4. The van der Waals surface area contributed by atoms with E-state index in [4.69, 9.17) is 23.1 Å². The molecule has 1 aromatic rings. The van der Waals surface area contributed by atoms with Gasteiger partial charge in [-0.3, -0.25) is 0 Å². The summed E-state index contributed by atoms with van der Waals surface area (Å²) in [6, 6.07) is 7.69. The van der Waals surface area contributed by atoms with Gasteiger partial charge in [-0.15, -0.1) is 0 Å². The first kappa shape index (κ1) is 13.9. The topological polar surface area (TPSA) is 52.0 Å². The molecular weight excluding hydrogens is 244 g/mol. The average molecular weight is 267 g/mol. The van der Waals surface area contributed by atoms with Crippen LogP contribution in [-0.4, -0.2) is 6.04 Å². The number of benzene rings is 1. The number of hydrogen-bond donors (Lipinski definition) is 2. The van der Waals surface area contributed by atoms with Crippen LogP contribution in [0.25, 0.3) is 0 Å². The Labute approximate surface area is 115 Å². The van der Waals surface area contributed by atoms with Crippen molar-refractivity contribution in [1.29, 1.82) is 0 Å². The third kappa shape index (κ3) is 3.71. The molecule has 0 aliphatic heterocycles. The third-order valence-electron chi connectivity index (χ3n) is 4.05. The van der Waals surface area contributed by atoms with Crippen LogP contribution in [0, 0.1) is 5.92 Å². The SMILES string of the molecule is NC(CC1CCCCC1)C(N)c1ccc(Cl)cc1. The third-order valence-corrected chi connectivity index (χ3v) is 4.30. The predicted octanol–water partition coefficient (Wildman–Crippen LogP) is 3.64. The van der Waals surface area contributed by atoms with Crippen molar-refractivity contribution in [2.75, 3.05) is 0 Å². The van der Waals surface area contributed by atoms with Gasteiger partial charge in [0.15, 0.2) is 0 Å². The minimum absolute atomic E-state index is 0.0503. The molecule has 0 amide bonds. The van der Waals surface area contributed by atoms with Crippen LogP contribution in [0.15, 0.2) is 24.3 Å². The maximum atomic E-state index is 6.26. The lowest BCUT2D eigenvalue weighted by atomic mass is 9.83. The molecule has 1 fully saturated rings. The van der Waals surface area contributed by atoms with Gasteiger partial charge in [0.2, 0.25) is 0 Å². The average Bonchev–Trinajstić information content (AvgIpc) is 2.40. The van der Waals surface area contributed by atoms with Crippen LogP contribution in [0.1, 0.15) is 50.1 Å². The van der Waals surface area contributed by atoms with Gasteiger partial charge in [0.25, 0.3) is 0 Å². The fraction of sp³-hybridized carbons (Fsp3) is 0.600. The van der Waals surface area contributed by atoms with Crippen molar-refractivity contribution in [3.05, 3.63) is 34.9 Å². The molecular formula is C15H23ClN2. The molecule has 1 aliphatic carbocycles. The molecule has 0 aromatic heterocycles. The van der Waals surface area contributed by atoms with E-state index < -0.39 is 0 Å². The largest absolute Gasteiger partial charge is 0.326 e. The molecule has 0 saturated heterocycles. The summed E-state index contributed by atoms with van der Waals surface area (Å²) in [6.45, 7) is 0. The van der Waals surface area contributed by atoms with Crippen LogP contribution in [-0.2, 0) is 0 Å². The maximum Gasteiger partial charge on any atom is 0.0448 e. The predicted molar refractivity (Wildman–Crippen MR) is 77.5 cm³/mol. The Morgan fingerprint density at radius 1 is 1.06 bits per heavy atom. The fourth-order valence-electron chi connectivity index (χ4n) is 2.89. The second-order valence-corrected chi connectivity index (χ2v) is 5.92. The number of halogens is 1. The van der Waals surface area contributed by atoms with E-state index in [2.05, 4.69) is 0 Å². The Morgan fingerprint density at radius 2 is 1.67 bits per heavy atom. The van der Waals surface area contributed by atoms with E-state index in [0.29, 0.717) is 0 Å². The van der Waals surface area contributed by atoms with Gasteiger partial charge in [-0.25, -0.2) is 0 Å². The molecule has 1 saturated carbocycles. The van der Waals surface area contributed by atoms with E-state index in [1.807, 2.05) is 24.3 Å². The van der Waals surface area contributed by atoms with Crippen LogP contribution >= 0.6 is 11.6 Å². The number of nitrogens with two attached hydrogens (primary N) is 2. The number of hydrogen-bond acceptors (Lipinski definition) is 2. The molecule has 18 heavy (non-hydrogen) atoms. The lowest BCUT2D eigenvalue weighted by Crippen LogP contribution is -2.36. The summed E-state index contributed by atoms with van der Waals surface area (Å²) in [6.07, 6.45) is 7.78. The van der Waals surface area contributed by atoms with Crippen LogP contribution in [0.5, 0.6) is 0 Å². The highest BCUT2D eigenvalue weighted by Gasteiger charge is 2.21. The molecule has 100 valence electrons. The van der Waals surface area contributed by atoms with Crippen molar-refractivity contribution in [2.45, 2.75) is 50.6 Å². The van der Waals surface area contributed by atoms with Gasteiger partial charge in [0, 0.05) is 17.1 Å². The van der Waals surface area contributed by atoms with Gasteiger partial charge < -0.3 is 11.5 Å². The summed E-state index contributed by atoms with van der Waals surface area (Å²) in [5, 5.41) is 0.742. The highest BCUT2D eigenvalue weighted by atomic mass is 35.5. The molecule has 2 atom stereocenters. The van der Waals surface area contributed by atoms with Gasteiger partial charge >= 0.3 is 0 Å². The Kier molecular flexibility index (Phi) is 5.04. The summed E-state index contributed by atoms with van der Waals surface area (Å²) < 4.78 is 0. The zero-order valence-corrected chi connectivity index (χ0v) is 11.6. The molecule has 2 rings (SSSR count). The van der Waals surface area contributed by atoms with Gasteiger partial charge in [-0.05, 0) is 30.0 Å². The molecule has 0 heterocycles. The monoisotopic (exact) mass is 266 g/mol. The molecule has 3 heteroatoms. The molecule has 1 aromatic carbocycles. The van der Waals surface area contributed by atoms with E-state index in [1.54, 1.807) is 0 Å². The molecule has 0 radical (unpaired) electrons. The first-order chi connectivity index (χ1) is 8.66. The lowest BCUT2D eigenvalue weighted by molar-refractivity contribution is 0.303. The second kappa shape index (κ2) is 6.55. The first-order valence-corrected chi connectivity index (χ1v) is 7.31. The molecule has 2 unspecified atom stereocenters. The Hall–Kier alpha value is -0.570. The summed E-state index contributed by atoms with van der Waals surface area (Å²) in [7, 11) is 0. The molecule has 0 bridgehead atoms. The van der Waals surface area contributed by atoms with Crippen LogP contribution in [0.2, 0.25) is 5.02 Å². The van der Waals surface area contributed by atoms with Crippen molar-refractivity contribution in [2.24, 2.45) is 17.4 Å². The zero-order valence-electron chi connectivity index (χ0n) is 10.8. The molecule has 0 spiro atoms. The normalized spacial score (nSPS) is 20.6. The summed E-state index contributed by atoms with van der Waals surface area (Å²) >= 11 is 5.88. The smallest absolute Gasteiger partial charge is 0.0448 e. The van der Waals surface area contributed by atoms with Gasteiger partial charge in [-0.1, -0.05) is 55.8 Å². The fourth-order valence-corrected chi connectivity index (χ4v) is 3.01. The van der Waals surface area contributed by atoms with E-state index in [9.17, 15) is 0 Å². The lowest BCUT2D eigenvalue weighted by Gasteiger charge is -2.27. The Morgan fingerprint density at radius 3 is 2.28 bits per heavy atom. The van der Waals surface area contributed by atoms with Gasteiger partial charge in [0.1, 0.15) is 0 Å². The van der Waals surface area contributed by atoms with Crippen molar-refractivity contribution in [3.8, 4) is 0 Å². The standard InChI is InChI=1S/C15H23ClN2/c16-13-8-6-12(7-9-13)15(18)14(17)10-11-4-2-1-3-5-11/h6-9,11,14-15H,1-5,10,17-18H2. The zero-order chi connectivity index (χ0) is 13.0. The van der Waals surface area contributed by atoms with Crippen LogP contribution in [0.4, 0.5) is 0 Å². The van der Waals surface area contributed by atoms with Crippen LogP contribution < -0.4 is 11.5 Å². The van der Waals surface area contributed by atoms with Crippen LogP contribution in [0.3, 0.4) is 0 Å². The van der Waals surface area contributed by atoms with E-state index >= 15 is 0 Å². The minimum Gasteiger partial charge on any atom is -0.326 e. The second-order valence-electron chi connectivity index (χ2n) is 5.48. The van der Waals surface area contributed by atoms with E-state index in [-0.39, 0.29) is 12.1 Å².